The SMILES string of the molecule is CNC(=O)CCSC(SCCC(=O)NC)c1ccc(Cl)cc1. The number of carbonyl (C=O) groups excluding carboxylic acids is 2. The molecule has 0 saturated carbocycles. The van der Waals surface area contributed by atoms with Crippen molar-refractivity contribution in [3.63, 3.8) is 0 Å². The molecular weight excluding hydrogens is 340 g/mol. The Hall–Kier alpha value is -0.850. The molecule has 0 bridgehead atoms. The number of halogens is 1. The van der Waals surface area contributed by atoms with Crippen LogP contribution < -0.4 is 10.6 Å². The van der Waals surface area contributed by atoms with Crippen LogP contribution in [0.15, 0.2) is 24.3 Å². The number of amides is 2. The molecule has 0 saturated heterocycles. The maximum atomic E-state index is 11.3. The van der Waals surface area contributed by atoms with Crippen LogP contribution >= 0.6 is 35.1 Å². The van der Waals surface area contributed by atoms with Crippen LogP contribution in [0.25, 0.3) is 0 Å². The standard InChI is InChI=1S/C15H21ClN2O2S2/c1-17-13(19)7-9-21-15(22-10-8-14(20)18-2)11-3-5-12(16)6-4-11/h3-6,15H,7-10H2,1-2H3,(H,17,19)(H,18,20). The summed E-state index contributed by atoms with van der Waals surface area (Å²) in [6.45, 7) is 0. The first-order valence-corrected chi connectivity index (χ1v) is 9.44. The van der Waals surface area contributed by atoms with Crippen LogP contribution in [0.1, 0.15) is 23.0 Å². The molecule has 1 rings (SSSR count). The van der Waals surface area contributed by atoms with Gasteiger partial charge in [0.25, 0.3) is 0 Å². The van der Waals surface area contributed by atoms with Crippen molar-refractivity contribution in [3.05, 3.63) is 34.9 Å². The van der Waals surface area contributed by atoms with Gasteiger partial charge in [-0.1, -0.05) is 23.7 Å². The molecule has 0 aromatic heterocycles. The molecule has 1 aromatic rings. The second-order valence-electron chi connectivity index (χ2n) is 4.47. The van der Waals surface area contributed by atoms with Crippen LogP contribution in [0.5, 0.6) is 0 Å². The average Bonchev–Trinajstić information content (AvgIpc) is 2.53. The van der Waals surface area contributed by atoms with E-state index in [-0.39, 0.29) is 16.4 Å². The van der Waals surface area contributed by atoms with E-state index in [2.05, 4.69) is 10.6 Å². The van der Waals surface area contributed by atoms with Crippen LogP contribution in [-0.2, 0) is 9.59 Å². The average molecular weight is 361 g/mol. The highest BCUT2D eigenvalue weighted by atomic mass is 35.5. The fourth-order valence-electron chi connectivity index (χ4n) is 1.63. The molecule has 0 spiro atoms. The van der Waals surface area contributed by atoms with Gasteiger partial charge in [-0.3, -0.25) is 9.59 Å². The van der Waals surface area contributed by atoms with Crippen LogP contribution in [0, 0.1) is 0 Å². The van der Waals surface area contributed by atoms with Gasteiger partial charge < -0.3 is 10.6 Å². The van der Waals surface area contributed by atoms with Gasteiger partial charge in [-0.2, -0.15) is 0 Å². The van der Waals surface area contributed by atoms with Crippen LogP contribution in [0.4, 0.5) is 0 Å². The Labute approximate surface area is 145 Å². The summed E-state index contributed by atoms with van der Waals surface area (Å²) < 4.78 is 0.187. The Morgan fingerprint density at radius 2 is 1.45 bits per heavy atom. The minimum Gasteiger partial charge on any atom is -0.359 e. The fraction of sp³-hybridized carbons (Fsp3) is 0.467. The minimum absolute atomic E-state index is 0.0396. The summed E-state index contributed by atoms with van der Waals surface area (Å²) >= 11 is 9.35. The molecule has 122 valence electrons. The number of benzene rings is 1. The van der Waals surface area contributed by atoms with E-state index >= 15 is 0 Å². The van der Waals surface area contributed by atoms with Crippen molar-refractivity contribution in [1.82, 2.24) is 10.6 Å². The van der Waals surface area contributed by atoms with Crippen molar-refractivity contribution in [3.8, 4) is 0 Å². The van der Waals surface area contributed by atoms with Gasteiger partial charge >= 0.3 is 0 Å². The third-order valence-electron chi connectivity index (χ3n) is 2.90. The Bertz CT molecular complexity index is 461. The molecule has 2 amide bonds. The normalized spacial score (nSPS) is 10.5. The van der Waals surface area contributed by atoms with Crippen LogP contribution in [0.3, 0.4) is 0 Å². The molecule has 4 nitrogen and oxygen atoms in total. The molecule has 0 aliphatic carbocycles. The van der Waals surface area contributed by atoms with E-state index in [1.807, 2.05) is 24.3 Å². The lowest BCUT2D eigenvalue weighted by Crippen LogP contribution is -2.18. The van der Waals surface area contributed by atoms with Crippen molar-refractivity contribution in [2.45, 2.75) is 17.4 Å². The van der Waals surface area contributed by atoms with Gasteiger partial charge in [0.1, 0.15) is 0 Å². The second kappa shape index (κ2) is 10.8. The summed E-state index contributed by atoms with van der Waals surface area (Å²) in [5.74, 6) is 1.55. The van der Waals surface area contributed by atoms with Gasteiger partial charge in [0.2, 0.25) is 11.8 Å². The zero-order chi connectivity index (χ0) is 16.4. The topological polar surface area (TPSA) is 58.2 Å². The third-order valence-corrected chi connectivity index (χ3v) is 5.99. The summed E-state index contributed by atoms with van der Waals surface area (Å²) in [7, 11) is 3.28. The Kier molecular flexibility index (Phi) is 9.43. The molecule has 22 heavy (non-hydrogen) atoms. The van der Waals surface area contributed by atoms with E-state index < -0.39 is 0 Å². The van der Waals surface area contributed by atoms with E-state index in [1.54, 1.807) is 37.6 Å². The Balaban J connectivity index is 2.57. The monoisotopic (exact) mass is 360 g/mol. The molecule has 0 aliphatic rings. The third kappa shape index (κ3) is 7.42. The molecule has 0 heterocycles. The highest BCUT2D eigenvalue weighted by molar-refractivity contribution is 8.16. The predicted octanol–water partition coefficient (Wildman–Crippen LogP) is 3.08. The van der Waals surface area contributed by atoms with Gasteiger partial charge in [-0.05, 0) is 17.7 Å². The van der Waals surface area contributed by atoms with Crippen molar-refractivity contribution in [2.24, 2.45) is 0 Å². The van der Waals surface area contributed by atoms with E-state index in [0.29, 0.717) is 17.9 Å². The van der Waals surface area contributed by atoms with Crippen molar-refractivity contribution < 1.29 is 9.59 Å². The lowest BCUT2D eigenvalue weighted by atomic mass is 10.2. The minimum atomic E-state index is 0.0396. The van der Waals surface area contributed by atoms with E-state index in [0.717, 1.165) is 17.1 Å². The summed E-state index contributed by atoms with van der Waals surface area (Å²) in [6.07, 6.45) is 0.975. The lowest BCUT2D eigenvalue weighted by molar-refractivity contribution is -0.121. The summed E-state index contributed by atoms with van der Waals surface area (Å²) in [5.41, 5.74) is 1.15. The molecule has 1 aromatic carbocycles. The first-order valence-electron chi connectivity index (χ1n) is 6.96. The molecule has 7 heteroatoms. The summed E-state index contributed by atoms with van der Waals surface area (Å²) in [4.78, 5) is 22.6. The van der Waals surface area contributed by atoms with Crippen molar-refractivity contribution >= 4 is 46.9 Å². The van der Waals surface area contributed by atoms with E-state index in [9.17, 15) is 9.59 Å². The number of hydrogen-bond acceptors (Lipinski definition) is 4. The van der Waals surface area contributed by atoms with Gasteiger partial charge in [0, 0.05) is 43.5 Å². The maximum absolute atomic E-state index is 11.3. The molecule has 0 fully saturated rings. The zero-order valence-corrected chi connectivity index (χ0v) is 15.1. The van der Waals surface area contributed by atoms with Crippen LogP contribution in [-0.4, -0.2) is 37.4 Å². The number of thioether (sulfide) groups is 2. The molecule has 0 radical (unpaired) electrons. The van der Waals surface area contributed by atoms with Gasteiger partial charge in [0.15, 0.2) is 0 Å². The molecule has 2 N–H and O–H groups in total. The summed E-state index contributed by atoms with van der Waals surface area (Å²) in [6, 6.07) is 7.71. The van der Waals surface area contributed by atoms with Gasteiger partial charge in [-0.25, -0.2) is 0 Å². The van der Waals surface area contributed by atoms with E-state index in [1.165, 1.54) is 0 Å². The zero-order valence-electron chi connectivity index (χ0n) is 12.7. The summed E-state index contributed by atoms with van der Waals surface area (Å²) in [5, 5.41) is 5.95. The number of nitrogens with one attached hydrogen (secondary N) is 2. The number of hydrogen-bond donors (Lipinski definition) is 2. The van der Waals surface area contributed by atoms with Crippen molar-refractivity contribution in [1.29, 1.82) is 0 Å². The highest BCUT2D eigenvalue weighted by Gasteiger charge is 2.14. The highest BCUT2D eigenvalue weighted by Crippen LogP contribution is 2.40. The fourth-order valence-corrected chi connectivity index (χ4v) is 4.45. The van der Waals surface area contributed by atoms with E-state index in [4.69, 9.17) is 11.6 Å². The molecule has 0 unspecified atom stereocenters. The smallest absolute Gasteiger partial charge is 0.220 e. The van der Waals surface area contributed by atoms with Gasteiger partial charge in [-0.15, -0.1) is 23.5 Å². The first-order chi connectivity index (χ1) is 10.6. The Morgan fingerprint density at radius 1 is 1.00 bits per heavy atom. The molecular formula is C15H21ClN2O2S2. The quantitative estimate of drug-likeness (QED) is 0.664. The molecule has 0 atom stereocenters. The van der Waals surface area contributed by atoms with Gasteiger partial charge in [0.05, 0.1) is 4.58 Å². The van der Waals surface area contributed by atoms with Crippen LogP contribution in [0.2, 0.25) is 5.02 Å². The maximum Gasteiger partial charge on any atom is 0.220 e. The molecule has 0 aliphatic heterocycles. The largest absolute Gasteiger partial charge is 0.359 e. The lowest BCUT2D eigenvalue weighted by Gasteiger charge is -2.16. The first kappa shape index (κ1) is 19.2. The Morgan fingerprint density at radius 3 is 1.86 bits per heavy atom. The number of carbonyl (C=O) groups is 2. The number of rotatable bonds is 9. The predicted molar refractivity (Wildman–Crippen MR) is 96.5 cm³/mol. The second-order valence-corrected chi connectivity index (χ2v) is 7.63. The van der Waals surface area contributed by atoms with Crippen molar-refractivity contribution in [2.75, 3.05) is 25.6 Å².